The van der Waals surface area contributed by atoms with E-state index in [0.717, 1.165) is 5.69 Å². The minimum Gasteiger partial charge on any atom is -0.495 e. The molecule has 0 aromatic heterocycles. The lowest BCUT2D eigenvalue weighted by molar-refractivity contribution is 0.1000. The highest BCUT2D eigenvalue weighted by Gasteiger charge is 2.13. The molecule has 7 nitrogen and oxygen atoms in total. The summed E-state index contributed by atoms with van der Waals surface area (Å²) in [6.07, 6.45) is 0. The number of carbonyl (C=O) groups excluding carboxylic acids is 2. The fraction of sp³-hybridized carbons (Fsp3) is 0.263. The van der Waals surface area contributed by atoms with Crippen molar-refractivity contribution in [1.82, 2.24) is 5.32 Å². The zero-order valence-corrected chi connectivity index (χ0v) is 15.2. The smallest absolute Gasteiger partial charge is 0.319 e. The summed E-state index contributed by atoms with van der Waals surface area (Å²) in [5.74, 6) is -0.131. The quantitative estimate of drug-likeness (QED) is 0.710. The van der Waals surface area contributed by atoms with Crippen molar-refractivity contribution in [3.8, 4) is 5.75 Å². The number of nitrogens with zero attached hydrogens (tertiary/aromatic N) is 1. The summed E-state index contributed by atoms with van der Waals surface area (Å²) in [5.41, 5.74) is 7.02. The maximum Gasteiger partial charge on any atom is 0.319 e. The van der Waals surface area contributed by atoms with Crippen molar-refractivity contribution in [3.63, 3.8) is 0 Å². The summed E-state index contributed by atoms with van der Waals surface area (Å²) in [6.45, 7) is 2.45. The number of benzene rings is 2. The van der Waals surface area contributed by atoms with Crippen LogP contribution in [0.4, 0.5) is 16.2 Å². The van der Waals surface area contributed by atoms with Gasteiger partial charge in [0.15, 0.2) is 0 Å². The van der Waals surface area contributed by atoms with Crippen molar-refractivity contribution in [3.05, 3.63) is 54.1 Å². The molecule has 0 saturated carbocycles. The predicted octanol–water partition coefficient (Wildman–Crippen LogP) is 2.44. The van der Waals surface area contributed by atoms with Gasteiger partial charge in [0.05, 0.1) is 12.8 Å². The van der Waals surface area contributed by atoms with Gasteiger partial charge in [-0.05, 0) is 37.3 Å². The molecular formula is C19H24N4O3. The van der Waals surface area contributed by atoms with Crippen LogP contribution in [0.3, 0.4) is 0 Å². The third-order valence-corrected chi connectivity index (χ3v) is 4.11. The van der Waals surface area contributed by atoms with Crippen LogP contribution in [0.1, 0.15) is 17.3 Å². The van der Waals surface area contributed by atoms with E-state index in [1.54, 1.807) is 12.1 Å². The van der Waals surface area contributed by atoms with E-state index in [-0.39, 0.29) is 6.04 Å². The largest absolute Gasteiger partial charge is 0.495 e. The van der Waals surface area contributed by atoms with E-state index in [1.807, 2.05) is 44.3 Å². The monoisotopic (exact) mass is 356 g/mol. The first-order chi connectivity index (χ1) is 12.4. The number of rotatable bonds is 7. The van der Waals surface area contributed by atoms with E-state index in [9.17, 15) is 9.59 Å². The van der Waals surface area contributed by atoms with Crippen molar-refractivity contribution in [2.24, 2.45) is 5.73 Å². The first kappa shape index (κ1) is 19.1. The number of nitrogens with two attached hydrogens (primary N) is 1. The standard InChI is InChI=1S/C19H24N4O3/c1-13(23(2)15-7-5-4-6-8-15)12-21-19(25)22-16-11-14(18(20)24)9-10-17(16)26-3/h4-11,13H,12H2,1-3H3,(H2,20,24)(H2,21,22,25). The van der Waals surface area contributed by atoms with Crippen LogP contribution < -0.4 is 26.0 Å². The van der Waals surface area contributed by atoms with Crippen LogP contribution in [0.2, 0.25) is 0 Å². The van der Waals surface area contributed by atoms with Crippen LogP contribution in [0, 0.1) is 0 Å². The van der Waals surface area contributed by atoms with Gasteiger partial charge in [-0.2, -0.15) is 0 Å². The first-order valence-electron chi connectivity index (χ1n) is 8.23. The molecule has 0 aliphatic heterocycles. The summed E-state index contributed by atoms with van der Waals surface area (Å²) >= 11 is 0. The summed E-state index contributed by atoms with van der Waals surface area (Å²) in [6, 6.07) is 14.2. The molecule has 4 N–H and O–H groups in total. The third kappa shape index (κ3) is 4.89. The molecule has 0 spiro atoms. The lowest BCUT2D eigenvalue weighted by Crippen LogP contribution is -2.41. The van der Waals surface area contributed by atoms with Crippen molar-refractivity contribution in [2.45, 2.75) is 13.0 Å². The second-order valence-electron chi connectivity index (χ2n) is 5.91. The summed E-state index contributed by atoms with van der Waals surface area (Å²) in [4.78, 5) is 25.6. The number of hydrogen-bond acceptors (Lipinski definition) is 4. The Bertz CT molecular complexity index is 765. The van der Waals surface area contributed by atoms with E-state index in [0.29, 0.717) is 23.5 Å². The van der Waals surface area contributed by atoms with Crippen molar-refractivity contribution in [2.75, 3.05) is 30.9 Å². The number of likely N-dealkylation sites (N-methyl/N-ethyl adjacent to an activating group) is 1. The number of hydrogen-bond donors (Lipinski definition) is 3. The Morgan fingerprint density at radius 1 is 1.19 bits per heavy atom. The maximum atomic E-state index is 12.2. The van der Waals surface area contributed by atoms with Gasteiger partial charge in [0, 0.05) is 30.9 Å². The van der Waals surface area contributed by atoms with Crippen LogP contribution in [-0.2, 0) is 0 Å². The van der Waals surface area contributed by atoms with Gasteiger partial charge in [0.25, 0.3) is 0 Å². The molecule has 0 radical (unpaired) electrons. The van der Waals surface area contributed by atoms with Crippen LogP contribution in [0.5, 0.6) is 5.75 Å². The number of nitrogens with one attached hydrogen (secondary N) is 2. The van der Waals surface area contributed by atoms with E-state index in [1.165, 1.54) is 13.2 Å². The molecular weight excluding hydrogens is 332 g/mol. The van der Waals surface area contributed by atoms with Gasteiger partial charge in [0.1, 0.15) is 5.75 Å². The highest BCUT2D eigenvalue weighted by molar-refractivity contribution is 5.97. The molecule has 1 unspecified atom stereocenters. The highest BCUT2D eigenvalue weighted by Crippen LogP contribution is 2.25. The Balaban J connectivity index is 1.96. The number of primary amides is 1. The number of carbonyl (C=O) groups is 2. The normalized spacial score (nSPS) is 11.3. The van der Waals surface area contributed by atoms with Crippen molar-refractivity contribution >= 4 is 23.3 Å². The molecule has 2 aromatic carbocycles. The molecule has 138 valence electrons. The van der Waals surface area contributed by atoms with Gasteiger partial charge < -0.3 is 26.0 Å². The molecule has 2 rings (SSSR count). The van der Waals surface area contributed by atoms with Gasteiger partial charge >= 0.3 is 6.03 Å². The third-order valence-electron chi connectivity index (χ3n) is 4.11. The van der Waals surface area contributed by atoms with E-state index in [4.69, 9.17) is 10.5 Å². The zero-order valence-electron chi connectivity index (χ0n) is 15.2. The van der Waals surface area contributed by atoms with Gasteiger partial charge in [-0.15, -0.1) is 0 Å². The van der Waals surface area contributed by atoms with Gasteiger partial charge in [-0.3, -0.25) is 4.79 Å². The molecule has 0 saturated heterocycles. The topological polar surface area (TPSA) is 96.7 Å². The molecule has 0 fully saturated rings. The van der Waals surface area contributed by atoms with E-state index < -0.39 is 11.9 Å². The Morgan fingerprint density at radius 2 is 1.88 bits per heavy atom. The van der Waals surface area contributed by atoms with Gasteiger partial charge in [-0.25, -0.2) is 4.79 Å². The molecule has 2 aromatic rings. The summed E-state index contributed by atoms with van der Waals surface area (Å²) in [7, 11) is 3.46. The second-order valence-corrected chi connectivity index (χ2v) is 5.91. The molecule has 7 heteroatoms. The molecule has 26 heavy (non-hydrogen) atoms. The average Bonchev–Trinajstić information content (AvgIpc) is 2.66. The Kier molecular flexibility index (Phi) is 6.43. The first-order valence-corrected chi connectivity index (χ1v) is 8.23. The number of amides is 3. The Hall–Kier alpha value is -3.22. The predicted molar refractivity (Wildman–Crippen MR) is 103 cm³/mol. The molecule has 0 aliphatic rings. The number of methoxy groups -OCH3 is 1. The van der Waals surface area contributed by atoms with Crippen LogP contribution in [0.25, 0.3) is 0 Å². The van der Waals surface area contributed by atoms with Crippen LogP contribution >= 0.6 is 0 Å². The lowest BCUT2D eigenvalue weighted by Gasteiger charge is -2.27. The minimum absolute atomic E-state index is 0.0852. The van der Waals surface area contributed by atoms with Gasteiger partial charge in [0.2, 0.25) is 5.91 Å². The van der Waals surface area contributed by atoms with Crippen LogP contribution in [0.15, 0.2) is 48.5 Å². The second kappa shape index (κ2) is 8.75. The molecule has 1 atom stereocenters. The lowest BCUT2D eigenvalue weighted by atomic mass is 10.2. The van der Waals surface area contributed by atoms with Gasteiger partial charge in [-0.1, -0.05) is 18.2 Å². The fourth-order valence-corrected chi connectivity index (χ4v) is 2.42. The Morgan fingerprint density at radius 3 is 2.50 bits per heavy atom. The average molecular weight is 356 g/mol. The molecule has 0 bridgehead atoms. The Labute approximate surface area is 153 Å². The van der Waals surface area contributed by atoms with Crippen LogP contribution in [-0.4, -0.2) is 38.7 Å². The number of para-hydroxylation sites is 1. The summed E-state index contributed by atoms with van der Waals surface area (Å²) in [5, 5.41) is 5.51. The summed E-state index contributed by atoms with van der Waals surface area (Å²) < 4.78 is 5.20. The van der Waals surface area contributed by atoms with E-state index in [2.05, 4.69) is 15.5 Å². The highest BCUT2D eigenvalue weighted by atomic mass is 16.5. The van der Waals surface area contributed by atoms with Crippen molar-refractivity contribution in [1.29, 1.82) is 0 Å². The molecule has 3 amide bonds. The van der Waals surface area contributed by atoms with E-state index >= 15 is 0 Å². The fourth-order valence-electron chi connectivity index (χ4n) is 2.42. The SMILES string of the molecule is COc1ccc(C(N)=O)cc1NC(=O)NCC(C)N(C)c1ccccc1. The van der Waals surface area contributed by atoms with Crippen molar-refractivity contribution < 1.29 is 14.3 Å². The number of anilines is 2. The number of urea groups is 1. The molecule has 0 heterocycles. The maximum absolute atomic E-state index is 12.2. The number of ether oxygens (including phenoxy) is 1. The molecule has 0 aliphatic carbocycles. The zero-order chi connectivity index (χ0) is 19.1. The minimum atomic E-state index is -0.575.